The lowest BCUT2D eigenvalue weighted by atomic mass is 9.91. The highest BCUT2D eigenvalue weighted by Gasteiger charge is 2.47. The molecule has 6 heteroatoms. The summed E-state index contributed by atoms with van der Waals surface area (Å²) in [6, 6.07) is 9.75. The predicted octanol–water partition coefficient (Wildman–Crippen LogP) is 3.71. The molecule has 0 radical (unpaired) electrons. The molecule has 4 rings (SSSR count). The summed E-state index contributed by atoms with van der Waals surface area (Å²) < 4.78 is 5.76. The van der Waals surface area contributed by atoms with Crippen LogP contribution in [0.3, 0.4) is 0 Å². The van der Waals surface area contributed by atoms with Crippen LogP contribution in [0.4, 0.5) is 4.79 Å². The molecule has 0 atom stereocenters. The van der Waals surface area contributed by atoms with Gasteiger partial charge in [0.1, 0.15) is 11.3 Å². The van der Waals surface area contributed by atoms with Crippen molar-refractivity contribution in [2.75, 3.05) is 26.2 Å². The zero-order chi connectivity index (χ0) is 19.7. The number of nitrogens with zero attached hydrogens (tertiary/aromatic N) is 3. The molecule has 2 aromatic rings. The lowest BCUT2D eigenvalue weighted by molar-refractivity contribution is 0.00296. The molecule has 0 aliphatic carbocycles. The van der Waals surface area contributed by atoms with Gasteiger partial charge >= 0.3 is 6.09 Å². The van der Waals surface area contributed by atoms with E-state index >= 15 is 0 Å². The van der Waals surface area contributed by atoms with Crippen molar-refractivity contribution in [3.63, 3.8) is 0 Å². The number of hydrogen-bond donors (Lipinski definition) is 0. The molecule has 28 heavy (non-hydrogen) atoms. The number of amides is 2. The van der Waals surface area contributed by atoms with Crippen LogP contribution in [0, 0.1) is 5.92 Å². The van der Waals surface area contributed by atoms with Crippen molar-refractivity contribution in [3.05, 3.63) is 42.2 Å². The van der Waals surface area contributed by atoms with E-state index in [-0.39, 0.29) is 12.0 Å². The highest BCUT2D eigenvalue weighted by Crippen LogP contribution is 2.34. The van der Waals surface area contributed by atoms with Crippen molar-refractivity contribution in [2.45, 2.75) is 38.7 Å². The van der Waals surface area contributed by atoms with Gasteiger partial charge < -0.3 is 14.5 Å². The number of ether oxygens (including phenoxy) is 1. The Morgan fingerprint density at radius 2 is 1.93 bits per heavy atom. The summed E-state index contributed by atoms with van der Waals surface area (Å²) in [6.07, 6.45) is 3.87. The molecule has 2 aliphatic heterocycles. The third-order valence-electron chi connectivity index (χ3n) is 5.83. The van der Waals surface area contributed by atoms with E-state index in [2.05, 4.69) is 18.8 Å². The van der Waals surface area contributed by atoms with Gasteiger partial charge in [0.15, 0.2) is 0 Å². The fourth-order valence-corrected chi connectivity index (χ4v) is 4.02. The summed E-state index contributed by atoms with van der Waals surface area (Å²) in [5.74, 6) is 0.500. The van der Waals surface area contributed by atoms with Crippen LogP contribution in [0.1, 0.15) is 43.6 Å². The molecule has 3 heterocycles. The molecule has 1 aromatic heterocycles. The van der Waals surface area contributed by atoms with Gasteiger partial charge in [-0.1, -0.05) is 38.1 Å². The Balaban J connectivity index is 1.39. The summed E-state index contributed by atoms with van der Waals surface area (Å²) in [7, 11) is 0. The van der Waals surface area contributed by atoms with E-state index < -0.39 is 5.60 Å². The average Bonchev–Trinajstić information content (AvgIpc) is 3.01. The van der Waals surface area contributed by atoms with Gasteiger partial charge in [-0.15, -0.1) is 0 Å². The van der Waals surface area contributed by atoms with Crippen LogP contribution in [-0.2, 0) is 4.74 Å². The fourth-order valence-electron chi connectivity index (χ4n) is 4.02. The van der Waals surface area contributed by atoms with Gasteiger partial charge in [-0.2, -0.15) is 0 Å². The number of aromatic nitrogens is 1. The summed E-state index contributed by atoms with van der Waals surface area (Å²) in [5, 5.41) is 2.04. The lowest BCUT2D eigenvalue weighted by Gasteiger charge is -2.37. The van der Waals surface area contributed by atoms with Crippen LogP contribution in [0.5, 0.6) is 0 Å². The molecule has 6 nitrogen and oxygen atoms in total. The van der Waals surface area contributed by atoms with Gasteiger partial charge in [-0.05, 0) is 23.8 Å². The maximum atomic E-state index is 12.9. The second-order valence-corrected chi connectivity index (χ2v) is 8.36. The highest BCUT2D eigenvalue weighted by atomic mass is 16.6. The van der Waals surface area contributed by atoms with E-state index in [1.807, 2.05) is 40.1 Å². The zero-order valence-corrected chi connectivity index (χ0v) is 16.6. The van der Waals surface area contributed by atoms with E-state index in [1.54, 1.807) is 6.20 Å². The van der Waals surface area contributed by atoms with E-state index in [1.165, 1.54) is 0 Å². The van der Waals surface area contributed by atoms with Crippen LogP contribution in [0.2, 0.25) is 0 Å². The van der Waals surface area contributed by atoms with Crippen LogP contribution < -0.4 is 0 Å². The maximum Gasteiger partial charge on any atom is 0.410 e. The summed E-state index contributed by atoms with van der Waals surface area (Å²) in [4.78, 5) is 33.1. The first-order valence-corrected chi connectivity index (χ1v) is 10.1. The predicted molar refractivity (Wildman–Crippen MR) is 107 cm³/mol. The Hall–Kier alpha value is -2.63. The van der Waals surface area contributed by atoms with E-state index in [9.17, 15) is 9.59 Å². The van der Waals surface area contributed by atoms with E-state index in [0.29, 0.717) is 44.1 Å². The number of benzene rings is 1. The maximum absolute atomic E-state index is 12.9. The summed E-state index contributed by atoms with van der Waals surface area (Å²) in [5.41, 5.74) is 0.0263. The van der Waals surface area contributed by atoms with Crippen LogP contribution in [-0.4, -0.2) is 58.6 Å². The Bertz CT molecular complexity index is 887. The second-order valence-electron chi connectivity index (χ2n) is 8.36. The largest absolute Gasteiger partial charge is 0.441 e. The third-order valence-corrected chi connectivity index (χ3v) is 5.83. The molecule has 0 saturated carbocycles. The van der Waals surface area contributed by atoms with Gasteiger partial charge in [0, 0.05) is 44.1 Å². The molecule has 1 aromatic carbocycles. The Morgan fingerprint density at radius 1 is 1.21 bits per heavy atom. The quantitative estimate of drug-likeness (QED) is 0.810. The first-order chi connectivity index (χ1) is 13.5. The topological polar surface area (TPSA) is 62.7 Å². The lowest BCUT2D eigenvalue weighted by Crippen LogP contribution is -2.49. The van der Waals surface area contributed by atoms with Crippen molar-refractivity contribution in [3.8, 4) is 0 Å². The van der Waals surface area contributed by atoms with Crippen molar-refractivity contribution < 1.29 is 14.3 Å². The number of carbonyl (C=O) groups is 2. The Kier molecular flexibility index (Phi) is 4.96. The van der Waals surface area contributed by atoms with Gasteiger partial charge in [0.25, 0.3) is 5.91 Å². The first kappa shape index (κ1) is 18.7. The molecule has 0 N–H and O–H groups in total. The second kappa shape index (κ2) is 7.41. The van der Waals surface area contributed by atoms with Crippen molar-refractivity contribution in [1.29, 1.82) is 0 Å². The van der Waals surface area contributed by atoms with Crippen molar-refractivity contribution in [2.24, 2.45) is 5.92 Å². The molecule has 2 fully saturated rings. The van der Waals surface area contributed by atoms with Gasteiger partial charge in [0.2, 0.25) is 0 Å². The van der Waals surface area contributed by atoms with E-state index in [4.69, 9.17) is 4.74 Å². The Morgan fingerprint density at radius 3 is 2.64 bits per heavy atom. The Labute approximate surface area is 165 Å². The minimum absolute atomic E-state index is 0.0541. The highest BCUT2D eigenvalue weighted by molar-refractivity contribution is 5.96. The van der Waals surface area contributed by atoms with Gasteiger partial charge in [0.05, 0.1) is 6.54 Å². The average molecular weight is 381 g/mol. The smallest absolute Gasteiger partial charge is 0.410 e. The van der Waals surface area contributed by atoms with Crippen LogP contribution in [0.25, 0.3) is 10.8 Å². The van der Waals surface area contributed by atoms with Crippen molar-refractivity contribution in [1.82, 2.24) is 14.8 Å². The number of hydrogen-bond acceptors (Lipinski definition) is 4. The molecule has 2 amide bonds. The number of pyridine rings is 1. The monoisotopic (exact) mass is 381 g/mol. The van der Waals surface area contributed by atoms with Gasteiger partial charge in [-0.25, -0.2) is 4.79 Å². The molecule has 2 aliphatic rings. The SMILES string of the molecule is CC(C)CCN1CC2(CCN(C(=O)c3cc4ccccc4cn3)CC2)OC1=O. The van der Waals surface area contributed by atoms with Gasteiger partial charge in [-0.3, -0.25) is 9.78 Å². The molecular formula is C22H27N3O3. The molecule has 0 unspecified atom stereocenters. The molecule has 1 spiro atoms. The minimum atomic E-state index is -0.443. The number of carbonyl (C=O) groups excluding carboxylic acids is 2. The number of likely N-dealkylation sites (tertiary alicyclic amines) is 1. The summed E-state index contributed by atoms with van der Waals surface area (Å²) in [6.45, 7) is 6.85. The molecule has 0 bridgehead atoms. The standard InChI is InChI=1S/C22H27N3O3/c1-16(2)7-10-25-15-22(28-21(25)27)8-11-24(12-9-22)20(26)19-13-17-5-3-4-6-18(17)14-23-19/h3-6,13-14,16H,7-12,15H2,1-2H3. The summed E-state index contributed by atoms with van der Waals surface area (Å²) >= 11 is 0. The van der Waals surface area contributed by atoms with Crippen molar-refractivity contribution >= 4 is 22.8 Å². The number of piperidine rings is 1. The molecule has 148 valence electrons. The minimum Gasteiger partial charge on any atom is -0.441 e. The van der Waals surface area contributed by atoms with Crippen LogP contribution >= 0.6 is 0 Å². The third kappa shape index (κ3) is 3.68. The van der Waals surface area contributed by atoms with E-state index in [0.717, 1.165) is 23.7 Å². The van der Waals surface area contributed by atoms with Crippen LogP contribution in [0.15, 0.2) is 36.5 Å². The fraction of sp³-hybridized carbons (Fsp3) is 0.500. The zero-order valence-electron chi connectivity index (χ0n) is 16.6. The molecule has 2 saturated heterocycles. The first-order valence-electron chi connectivity index (χ1n) is 10.1. The number of fused-ring (bicyclic) bond motifs is 1. The normalized spacial score (nSPS) is 18.9. The number of rotatable bonds is 4. The molecular weight excluding hydrogens is 354 g/mol.